The molecule has 7 aromatic rings. The maximum Gasteiger partial charge on any atom is 0.123 e. The summed E-state index contributed by atoms with van der Waals surface area (Å²) in [6.45, 7) is 31.0. The molecule has 16 heteroatoms. The van der Waals surface area contributed by atoms with Crippen LogP contribution in [-0.4, -0.2) is 115 Å². The molecule has 7 aliphatic rings. The Kier molecular flexibility index (Phi) is 56.0. The molecule has 7 aromatic carbocycles. The van der Waals surface area contributed by atoms with Gasteiger partial charge in [0, 0.05) is 49.1 Å². The molecule has 1 aliphatic heterocycles. The summed E-state index contributed by atoms with van der Waals surface area (Å²) in [5, 5.41) is 10.7. The molecule has 14 rings (SSSR count). The maximum absolute atomic E-state index is 10.7. The van der Waals surface area contributed by atoms with Gasteiger partial charge in [0.25, 0.3) is 0 Å². The zero-order chi connectivity index (χ0) is 93.4. The van der Waals surface area contributed by atoms with Crippen molar-refractivity contribution in [3.63, 3.8) is 0 Å². The highest BCUT2D eigenvalue weighted by Gasteiger charge is 2.29. The van der Waals surface area contributed by atoms with Gasteiger partial charge in [-0.25, -0.2) is 0 Å². The van der Waals surface area contributed by atoms with E-state index >= 15 is 0 Å². The third kappa shape index (κ3) is 48.2. The van der Waals surface area contributed by atoms with Gasteiger partial charge in [-0.05, 0) is 282 Å². The van der Waals surface area contributed by atoms with Crippen LogP contribution in [0.1, 0.15) is 338 Å². The van der Waals surface area contributed by atoms with E-state index in [1.807, 2.05) is 152 Å². The van der Waals surface area contributed by atoms with Gasteiger partial charge in [0.15, 0.2) is 0 Å². The first-order valence-electron chi connectivity index (χ1n) is 52.6. The van der Waals surface area contributed by atoms with Gasteiger partial charge in [0.2, 0.25) is 0 Å². The van der Waals surface area contributed by atoms with Gasteiger partial charge >= 0.3 is 0 Å². The largest absolute Gasteiger partial charge is 0.493 e. The molecule has 0 spiro atoms. The Hall–Kier alpha value is -8.34. The summed E-state index contributed by atoms with van der Waals surface area (Å²) < 4.78 is 86.5. The Bertz CT molecular complexity index is 3990. The molecule has 1 N–H and O–H groups in total. The number of hydrogen-bond donors (Lipinski definition) is 1. The van der Waals surface area contributed by atoms with Crippen LogP contribution in [0.4, 0.5) is 0 Å². The van der Waals surface area contributed by atoms with Gasteiger partial charge in [0.05, 0.1) is 90.0 Å². The van der Waals surface area contributed by atoms with Crippen molar-refractivity contribution in [3.05, 3.63) is 169 Å². The molecular formula is C116H176O16. The van der Waals surface area contributed by atoms with Gasteiger partial charge in [-0.15, -0.1) is 0 Å². The van der Waals surface area contributed by atoms with Crippen molar-refractivity contribution >= 4 is 0 Å². The summed E-state index contributed by atoms with van der Waals surface area (Å²) in [6, 6.07) is 53.8. The van der Waals surface area contributed by atoms with Gasteiger partial charge in [0.1, 0.15) is 93.7 Å². The van der Waals surface area contributed by atoms with Gasteiger partial charge in [-0.2, -0.15) is 0 Å². The van der Waals surface area contributed by atoms with E-state index in [4.69, 9.17) is 71.1 Å². The molecule has 0 amide bonds. The molecule has 0 radical (unpaired) electrons. The molecule has 736 valence electrons. The van der Waals surface area contributed by atoms with Crippen LogP contribution in [0.3, 0.4) is 0 Å². The zero-order valence-electron chi connectivity index (χ0n) is 83.7. The lowest BCUT2D eigenvalue weighted by Crippen LogP contribution is -2.36. The van der Waals surface area contributed by atoms with E-state index in [9.17, 15) is 5.11 Å². The second-order valence-electron chi connectivity index (χ2n) is 37.9. The van der Waals surface area contributed by atoms with Gasteiger partial charge < -0.3 is 76.2 Å². The maximum atomic E-state index is 10.7. The van der Waals surface area contributed by atoms with E-state index in [0.29, 0.717) is 19.8 Å². The second kappa shape index (κ2) is 67.8. The van der Waals surface area contributed by atoms with Crippen LogP contribution in [0.25, 0.3) is 0 Å². The van der Waals surface area contributed by atoms with E-state index in [1.54, 1.807) is 0 Å². The average Bonchev–Trinajstić information content (AvgIpc) is 1.17. The molecule has 1 unspecified atom stereocenters. The average molecular weight is 1830 g/mol. The minimum Gasteiger partial charge on any atom is -0.493 e. The van der Waals surface area contributed by atoms with Crippen molar-refractivity contribution in [1.29, 1.82) is 0 Å². The molecule has 3 atom stereocenters. The first kappa shape index (κ1) is 109. The third-order valence-electron chi connectivity index (χ3n) is 25.6. The lowest BCUT2D eigenvalue weighted by Gasteiger charge is -2.30. The smallest absolute Gasteiger partial charge is 0.123 e. The molecular weight excluding hydrogens is 1650 g/mol. The molecule has 1 heterocycles. The fraction of sp³-hybridized carbons (Fsp3) is 0.638. The highest BCUT2D eigenvalue weighted by Crippen LogP contribution is 2.35. The summed E-state index contributed by atoms with van der Waals surface area (Å²) in [5.41, 5.74) is 0.535. The first-order chi connectivity index (χ1) is 64.7. The van der Waals surface area contributed by atoms with Crippen LogP contribution in [0, 0.1) is 36.5 Å². The van der Waals surface area contributed by atoms with Crippen LogP contribution in [0.2, 0.25) is 0 Å². The fourth-order valence-electron chi connectivity index (χ4n) is 17.4. The normalized spacial score (nSPS) is 17.6. The van der Waals surface area contributed by atoms with Crippen LogP contribution in [-0.2, 0) is 4.74 Å². The van der Waals surface area contributed by atoms with Crippen molar-refractivity contribution in [1.82, 2.24) is 0 Å². The minimum absolute atomic E-state index is 0.249. The number of rotatable bonds is 42. The quantitative estimate of drug-likeness (QED) is 0.0385. The Morgan fingerprint density at radius 2 is 0.508 bits per heavy atom. The zero-order valence-corrected chi connectivity index (χ0v) is 83.7. The second-order valence-corrected chi connectivity index (χ2v) is 37.9. The van der Waals surface area contributed by atoms with Crippen molar-refractivity contribution < 1.29 is 76.2 Å². The minimum atomic E-state index is -0.666. The van der Waals surface area contributed by atoms with Crippen LogP contribution < -0.4 is 66.3 Å². The predicted octanol–water partition coefficient (Wildman–Crippen LogP) is 31.0. The van der Waals surface area contributed by atoms with Crippen molar-refractivity contribution in [2.45, 2.75) is 363 Å². The molecule has 7 fully saturated rings. The molecule has 6 aliphatic carbocycles. The van der Waals surface area contributed by atoms with Gasteiger partial charge in [-0.3, -0.25) is 0 Å². The van der Waals surface area contributed by atoms with Crippen molar-refractivity contribution in [2.75, 3.05) is 85.9 Å². The van der Waals surface area contributed by atoms with Crippen molar-refractivity contribution in [2.24, 2.45) is 29.6 Å². The van der Waals surface area contributed by atoms with E-state index in [2.05, 4.69) is 81.4 Å². The summed E-state index contributed by atoms with van der Waals surface area (Å²) >= 11 is 0. The summed E-state index contributed by atoms with van der Waals surface area (Å²) in [4.78, 5) is 0. The number of aliphatic hydroxyl groups is 1. The lowest BCUT2D eigenvalue weighted by atomic mass is 9.88. The Morgan fingerprint density at radius 1 is 0.273 bits per heavy atom. The summed E-state index contributed by atoms with van der Waals surface area (Å²) in [6.07, 6.45) is 53.0. The van der Waals surface area contributed by atoms with E-state index in [1.165, 1.54) is 198 Å². The van der Waals surface area contributed by atoms with Crippen LogP contribution in [0.15, 0.2) is 164 Å². The fourth-order valence-corrected chi connectivity index (χ4v) is 17.4. The first-order valence-corrected chi connectivity index (χ1v) is 52.6. The monoisotopic (exact) mass is 1830 g/mol. The lowest BCUT2D eigenvalue weighted by molar-refractivity contribution is -0.0257. The van der Waals surface area contributed by atoms with Crippen molar-refractivity contribution in [3.8, 4) is 80.5 Å². The Morgan fingerprint density at radius 3 is 0.818 bits per heavy atom. The van der Waals surface area contributed by atoms with E-state index in [0.717, 1.165) is 253 Å². The highest BCUT2D eigenvalue weighted by atomic mass is 16.5. The Balaban J connectivity index is 0.000000190. The predicted molar refractivity (Wildman–Crippen MR) is 542 cm³/mol. The molecule has 0 bridgehead atoms. The van der Waals surface area contributed by atoms with E-state index < -0.39 is 5.60 Å². The molecule has 1 saturated heterocycles. The summed E-state index contributed by atoms with van der Waals surface area (Å²) in [7, 11) is 0. The topological polar surface area (TPSA) is 159 Å². The number of benzene rings is 7. The molecule has 132 heavy (non-hydrogen) atoms. The number of aryl methyl sites for hydroxylation is 1. The van der Waals surface area contributed by atoms with E-state index in [-0.39, 0.29) is 18.3 Å². The Labute approximate surface area is 799 Å². The molecule has 0 aromatic heterocycles. The molecule has 16 nitrogen and oxygen atoms in total. The SMILES string of the molecule is CCCOc1cc(C)cc(OCC2CCCCC2)c1.CCCOc1cccc(OCC2(O)CCCCCCC2)c1.CCCOc1cccc(OCC2CCCC2)c1.CCCOc1cccc(OCC2CCCCCCC2)c1.CCCOc1cccc(OCC2CCCCO2)c1.CC[C@H](C)Oc1cccc(OCC2CCCC2)c1.CC[C@H](C)Oc1cccc(OCC2CCCCC2)c1. The molecule has 6 saturated carbocycles. The summed E-state index contributed by atoms with van der Waals surface area (Å²) in [5.74, 6) is 16.4. The third-order valence-corrected chi connectivity index (χ3v) is 25.6. The van der Waals surface area contributed by atoms with Crippen LogP contribution >= 0.6 is 0 Å². The standard InChI is InChI=1S/C18H28O3.C18H28O2.2C17H26O2.C16H24O2.C15H22O3.C15H22O2/c1-2-13-20-16-9-8-10-17(14-16)21-15-18(19)11-6-4-3-5-7-12-18;1-2-13-19-17-11-8-12-18(14-17)20-15-16-9-6-4-3-5-7-10-16;1-3-14(2)19-17-11-7-10-16(12-17)18-13-15-8-5-4-6-9-15;1-3-9-18-16-10-14(2)11-17(12-16)19-13-15-7-5-4-6-8-15;1-3-13(2)18-16-10-6-9-15(11-16)17-12-14-7-4-5-8-14;1-2-9-16-13-7-5-8-14(11-13)18-12-15-6-3-4-10-17-15;1-2-10-16-14-8-5-9-15(11-14)17-12-13-6-3-4-7-13/h8-10,14,19H,2-7,11-13,15H2,1H3;8,11-12,14,16H,2-7,9-10,13,15H2,1H3;7,10-12,14-15H,3-6,8-9,13H2,1-2H3;10-12,15H,3-9,13H2,1-2H3;6,9-11,13-14H,3-5,7-8,12H2,1-2H3;5,7-8,11,15H,2-4,6,9-10,12H2,1H3;5,8-9,11,13H,2-4,6-7,10,12H2,1H3/t;;14-;;13-;;/m..0.0../s1. The van der Waals surface area contributed by atoms with Crippen LogP contribution in [0.5, 0.6) is 80.5 Å². The number of hydrogen-bond acceptors (Lipinski definition) is 16. The number of ether oxygens (including phenoxy) is 15. The van der Waals surface area contributed by atoms with Gasteiger partial charge in [-0.1, -0.05) is 213 Å². The highest BCUT2D eigenvalue weighted by molar-refractivity contribution is 5.39.